The molecule has 11 heteroatoms. The standard InChI is InChI=1S/C23H19Cl4N3O4/c1-12(33-18-8-6-14(24)10-16(18)26)22(31)29-20-4-3-5-21(28-20)30-23(32)13(2)34-19-9-7-15(25)11-17(19)27/h3-13H,1-2H3,(H2,28,29,30,31,32). The molecular weight excluding hydrogens is 524 g/mol. The summed E-state index contributed by atoms with van der Waals surface area (Å²) in [6, 6.07) is 14.2. The highest BCUT2D eigenvalue weighted by Gasteiger charge is 2.19. The molecule has 7 nitrogen and oxygen atoms in total. The molecule has 0 spiro atoms. The quantitative estimate of drug-likeness (QED) is 0.339. The summed E-state index contributed by atoms with van der Waals surface area (Å²) in [6.07, 6.45) is -1.76. The number of amides is 2. The van der Waals surface area contributed by atoms with Gasteiger partial charge in [-0.05, 0) is 62.4 Å². The maximum atomic E-state index is 12.5. The Balaban J connectivity index is 1.59. The summed E-state index contributed by atoms with van der Waals surface area (Å²) >= 11 is 23.9. The fourth-order valence-electron chi connectivity index (χ4n) is 2.66. The van der Waals surface area contributed by atoms with E-state index in [1.165, 1.54) is 12.1 Å². The van der Waals surface area contributed by atoms with Crippen LogP contribution in [0, 0.1) is 0 Å². The molecule has 2 amide bonds. The number of nitrogens with one attached hydrogen (secondary N) is 2. The van der Waals surface area contributed by atoms with Crippen molar-refractivity contribution >= 4 is 69.9 Å². The van der Waals surface area contributed by atoms with Crippen LogP contribution >= 0.6 is 46.4 Å². The van der Waals surface area contributed by atoms with E-state index in [1.807, 2.05) is 0 Å². The van der Waals surface area contributed by atoms with Gasteiger partial charge in [-0.3, -0.25) is 9.59 Å². The number of halogens is 4. The van der Waals surface area contributed by atoms with Crippen LogP contribution in [0.4, 0.5) is 11.6 Å². The third kappa shape index (κ3) is 7.14. The minimum atomic E-state index is -0.878. The van der Waals surface area contributed by atoms with Crippen LogP contribution in [-0.2, 0) is 9.59 Å². The van der Waals surface area contributed by atoms with Crippen molar-refractivity contribution in [2.24, 2.45) is 0 Å². The number of nitrogens with zero attached hydrogens (tertiary/aromatic N) is 1. The summed E-state index contributed by atoms with van der Waals surface area (Å²) in [7, 11) is 0. The third-order valence-corrected chi connectivity index (χ3v) is 5.45. The molecule has 0 fully saturated rings. The van der Waals surface area contributed by atoms with Gasteiger partial charge in [0.25, 0.3) is 11.8 Å². The van der Waals surface area contributed by atoms with Crippen molar-refractivity contribution in [3.8, 4) is 11.5 Å². The van der Waals surface area contributed by atoms with Gasteiger partial charge >= 0.3 is 0 Å². The van der Waals surface area contributed by atoms with Crippen LogP contribution in [-0.4, -0.2) is 29.0 Å². The van der Waals surface area contributed by atoms with Crippen LogP contribution in [0.15, 0.2) is 54.6 Å². The van der Waals surface area contributed by atoms with Crippen molar-refractivity contribution < 1.29 is 19.1 Å². The van der Waals surface area contributed by atoms with Crippen LogP contribution in [0.1, 0.15) is 13.8 Å². The molecule has 0 saturated heterocycles. The highest BCUT2D eigenvalue weighted by molar-refractivity contribution is 6.36. The molecule has 0 bridgehead atoms. The van der Waals surface area contributed by atoms with E-state index < -0.39 is 24.0 Å². The number of hydrogen-bond donors (Lipinski definition) is 2. The van der Waals surface area contributed by atoms with Gasteiger partial charge in [0.2, 0.25) is 0 Å². The monoisotopic (exact) mass is 541 g/mol. The molecule has 0 saturated carbocycles. The highest BCUT2D eigenvalue weighted by Crippen LogP contribution is 2.29. The van der Waals surface area contributed by atoms with Crippen LogP contribution in [0.25, 0.3) is 0 Å². The first-order valence-electron chi connectivity index (χ1n) is 9.94. The van der Waals surface area contributed by atoms with Crippen molar-refractivity contribution in [3.05, 3.63) is 74.7 Å². The lowest BCUT2D eigenvalue weighted by Gasteiger charge is -2.17. The molecule has 3 rings (SSSR count). The third-order valence-electron chi connectivity index (χ3n) is 4.39. The molecule has 1 aromatic heterocycles. The lowest BCUT2D eigenvalue weighted by atomic mass is 10.3. The Kier molecular flexibility index (Phi) is 8.85. The first kappa shape index (κ1) is 25.9. The van der Waals surface area contributed by atoms with Crippen molar-refractivity contribution in [1.29, 1.82) is 0 Å². The van der Waals surface area contributed by atoms with E-state index in [4.69, 9.17) is 55.9 Å². The van der Waals surface area contributed by atoms with E-state index in [-0.39, 0.29) is 21.7 Å². The van der Waals surface area contributed by atoms with E-state index in [2.05, 4.69) is 15.6 Å². The lowest BCUT2D eigenvalue weighted by molar-refractivity contribution is -0.122. The molecule has 0 aliphatic carbocycles. The van der Waals surface area contributed by atoms with Gasteiger partial charge in [0.1, 0.15) is 23.1 Å². The number of carbonyl (C=O) groups excluding carboxylic acids is 2. The number of anilines is 2. The Hall–Kier alpha value is -2.71. The second kappa shape index (κ2) is 11.6. The minimum absolute atomic E-state index is 0.217. The number of ether oxygens (including phenoxy) is 2. The molecule has 34 heavy (non-hydrogen) atoms. The SMILES string of the molecule is CC(Oc1ccc(Cl)cc1Cl)C(=O)Nc1cccc(NC(=O)C(C)Oc2ccc(Cl)cc2Cl)n1. The number of pyridine rings is 1. The Morgan fingerprint density at radius 2 is 1.15 bits per heavy atom. The average Bonchev–Trinajstić information content (AvgIpc) is 2.77. The maximum absolute atomic E-state index is 12.5. The Bertz CT molecular complexity index is 1120. The molecule has 3 aromatic rings. The first-order chi connectivity index (χ1) is 16.1. The molecule has 1 heterocycles. The minimum Gasteiger partial charge on any atom is -0.479 e. The van der Waals surface area contributed by atoms with Crippen LogP contribution in [0.3, 0.4) is 0 Å². The summed E-state index contributed by atoms with van der Waals surface area (Å²) in [6.45, 7) is 3.12. The van der Waals surface area contributed by atoms with Gasteiger partial charge in [-0.25, -0.2) is 4.98 Å². The van der Waals surface area contributed by atoms with Crippen molar-refractivity contribution in [2.75, 3.05) is 10.6 Å². The van der Waals surface area contributed by atoms with E-state index in [0.29, 0.717) is 21.5 Å². The fourth-order valence-corrected chi connectivity index (χ4v) is 3.57. The smallest absolute Gasteiger partial charge is 0.266 e. The lowest BCUT2D eigenvalue weighted by Crippen LogP contribution is -2.31. The van der Waals surface area contributed by atoms with Crippen LogP contribution in [0.5, 0.6) is 11.5 Å². The molecular formula is C23H19Cl4N3O4. The first-order valence-corrected chi connectivity index (χ1v) is 11.5. The summed E-state index contributed by atoms with van der Waals surface area (Å²) in [5.41, 5.74) is 0. The number of hydrogen-bond acceptors (Lipinski definition) is 5. The van der Waals surface area contributed by atoms with Gasteiger partial charge < -0.3 is 20.1 Å². The van der Waals surface area contributed by atoms with Gasteiger partial charge in [0, 0.05) is 10.0 Å². The van der Waals surface area contributed by atoms with Crippen LogP contribution < -0.4 is 20.1 Å². The predicted octanol–water partition coefficient (Wildman–Crippen LogP) is 6.51. The van der Waals surface area contributed by atoms with Gasteiger partial charge in [0.05, 0.1) is 10.0 Å². The largest absolute Gasteiger partial charge is 0.479 e. The van der Waals surface area contributed by atoms with Crippen molar-refractivity contribution in [3.63, 3.8) is 0 Å². The zero-order valence-electron chi connectivity index (χ0n) is 17.9. The molecule has 0 aliphatic heterocycles. The highest BCUT2D eigenvalue weighted by atomic mass is 35.5. The number of aromatic nitrogens is 1. The van der Waals surface area contributed by atoms with Crippen molar-refractivity contribution in [1.82, 2.24) is 4.98 Å². The fraction of sp³-hybridized carbons (Fsp3) is 0.174. The zero-order chi connectivity index (χ0) is 24.8. The van der Waals surface area contributed by atoms with Gasteiger partial charge in [-0.2, -0.15) is 0 Å². The molecule has 0 radical (unpaired) electrons. The maximum Gasteiger partial charge on any atom is 0.266 e. The van der Waals surface area contributed by atoms with Crippen molar-refractivity contribution in [2.45, 2.75) is 26.1 Å². The normalized spacial score (nSPS) is 12.4. The molecule has 0 aliphatic rings. The van der Waals surface area contributed by atoms with E-state index in [1.54, 1.807) is 56.3 Å². The summed E-state index contributed by atoms with van der Waals surface area (Å²) < 4.78 is 11.2. The second-order valence-corrected chi connectivity index (χ2v) is 8.74. The molecule has 2 N–H and O–H groups in total. The average molecular weight is 543 g/mol. The summed E-state index contributed by atoms with van der Waals surface area (Å²) in [4.78, 5) is 29.3. The molecule has 178 valence electrons. The molecule has 2 aromatic carbocycles. The number of rotatable bonds is 8. The van der Waals surface area contributed by atoms with E-state index >= 15 is 0 Å². The van der Waals surface area contributed by atoms with E-state index in [0.717, 1.165) is 0 Å². The van der Waals surface area contributed by atoms with Gasteiger partial charge in [-0.1, -0.05) is 52.5 Å². The molecule has 2 atom stereocenters. The summed E-state index contributed by atoms with van der Waals surface area (Å²) in [5, 5.41) is 6.73. The number of carbonyl (C=O) groups is 2. The van der Waals surface area contributed by atoms with Gasteiger partial charge in [-0.15, -0.1) is 0 Å². The predicted molar refractivity (Wildman–Crippen MR) is 135 cm³/mol. The van der Waals surface area contributed by atoms with E-state index in [9.17, 15) is 9.59 Å². The molecule has 2 unspecified atom stereocenters. The van der Waals surface area contributed by atoms with Gasteiger partial charge in [0.15, 0.2) is 12.2 Å². The Morgan fingerprint density at radius 1 is 0.735 bits per heavy atom. The topological polar surface area (TPSA) is 89.6 Å². The van der Waals surface area contributed by atoms with Crippen LogP contribution in [0.2, 0.25) is 20.1 Å². The Morgan fingerprint density at radius 3 is 1.53 bits per heavy atom. The summed E-state index contributed by atoms with van der Waals surface area (Å²) in [5.74, 6) is 0.145. The number of benzene rings is 2. The Labute approximate surface area is 216 Å². The second-order valence-electron chi connectivity index (χ2n) is 7.06. The zero-order valence-corrected chi connectivity index (χ0v) is 21.0.